The van der Waals surface area contributed by atoms with Gasteiger partial charge in [0.25, 0.3) is 0 Å². The maximum absolute atomic E-state index is 12.2. The number of thioether (sulfide) groups is 1. The van der Waals surface area contributed by atoms with Crippen LogP contribution < -0.4 is 5.32 Å². The number of carbonyl (C=O) groups excluding carboxylic acids is 1. The van der Waals surface area contributed by atoms with E-state index in [9.17, 15) is 4.79 Å². The number of aromatic nitrogens is 3. The predicted octanol–water partition coefficient (Wildman–Crippen LogP) is 3.41. The number of hydrogen-bond donors (Lipinski definition) is 2. The van der Waals surface area contributed by atoms with Gasteiger partial charge in [0.15, 0.2) is 5.16 Å². The predicted molar refractivity (Wildman–Crippen MR) is 102 cm³/mol. The Morgan fingerprint density at radius 1 is 1.24 bits per heavy atom. The third-order valence-electron chi connectivity index (χ3n) is 3.82. The zero-order chi connectivity index (χ0) is 17.8. The van der Waals surface area contributed by atoms with Crippen LogP contribution in [0.4, 0.5) is 0 Å². The Balaban J connectivity index is 1.51. The molecule has 0 aliphatic carbocycles. The molecule has 1 aromatic carbocycles. The molecule has 0 radical (unpaired) electrons. The second-order valence-corrected chi connectivity index (χ2v) is 7.26. The minimum absolute atomic E-state index is 0.00166. The Hall–Kier alpha value is -2.34. The number of H-pyrrole nitrogens is 1. The van der Waals surface area contributed by atoms with Crippen LogP contribution in [0.2, 0.25) is 0 Å². The van der Waals surface area contributed by atoms with Gasteiger partial charge in [-0.3, -0.25) is 9.78 Å². The first-order valence-corrected chi connectivity index (χ1v) is 9.29. The highest BCUT2D eigenvalue weighted by molar-refractivity contribution is 7.99. The van der Waals surface area contributed by atoms with E-state index < -0.39 is 0 Å². The third-order valence-corrected chi connectivity index (χ3v) is 4.70. The van der Waals surface area contributed by atoms with Crippen LogP contribution in [0.15, 0.2) is 41.6 Å². The number of nitrogens with zero attached hydrogens (tertiary/aromatic N) is 2. The van der Waals surface area contributed by atoms with Gasteiger partial charge in [0.05, 0.1) is 16.8 Å². The molecule has 6 heteroatoms. The molecule has 3 aromatic rings. The van der Waals surface area contributed by atoms with E-state index in [-0.39, 0.29) is 11.9 Å². The summed E-state index contributed by atoms with van der Waals surface area (Å²) in [6.45, 7) is 6.01. The Kier molecular flexibility index (Phi) is 5.38. The number of imidazole rings is 1. The molecule has 1 amide bonds. The van der Waals surface area contributed by atoms with Crippen LogP contribution in [-0.2, 0) is 11.2 Å². The van der Waals surface area contributed by atoms with E-state index in [4.69, 9.17) is 0 Å². The van der Waals surface area contributed by atoms with Gasteiger partial charge >= 0.3 is 0 Å². The topological polar surface area (TPSA) is 70.7 Å². The lowest BCUT2D eigenvalue weighted by molar-refractivity contribution is -0.119. The highest BCUT2D eigenvalue weighted by Gasteiger charge is 2.11. The average molecular weight is 354 g/mol. The maximum Gasteiger partial charge on any atom is 0.230 e. The zero-order valence-electron chi connectivity index (χ0n) is 14.7. The second-order valence-electron chi connectivity index (χ2n) is 6.29. The van der Waals surface area contributed by atoms with Gasteiger partial charge in [0.1, 0.15) is 0 Å². The molecule has 0 aliphatic rings. The number of fused-ring (bicyclic) bond motifs is 1. The fraction of sp³-hybridized carbons (Fsp3) is 0.316. The van der Waals surface area contributed by atoms with Crippen molar-refractivity contribution in [3.63, 3.8) is 0 Å². The number of hydrogen-bond acceptors (Lipinski definition) is 4. The van der Waals surface area contributed by atoms with Crippen LogP contribution in [0.5, 0.6) is 0 Å². The monoisotopic (exact) mass is 354 g/mol. The van der Waals surface area contributed by atoms with Gasteiger partial charge in [-0.2, -0.15) is 0 Å². The fourth-order valence-corrected chi connectivity index (χ4v) is 3.39. The molecular weight excluding hydrogens is 332 g/mol. The standard InChI is InChI=1S/C19H22N4OS/c1-12-7-8-16-17(9-12)23-19(22-16)25-11-18(24)21-14(3)10-15-6-4-5-13(2)20-15/h4-9,14H,10-11H2,1-3H3,(H,21,24)(H,22,23)/t14-/m1/s1. The van der Waals surface area contributed by atoms with Crippen molar-refractivity contribution in [2.24, 2.45) is 0 Å². The van der Waals surface area contributed by atoms with Gasteiger partial charge in [-0.05, 0) is 50.6 Å². The van der Waals surface area contributed by atoms with Crippen LogP contribution in [0.1, 0.15) is 23.9 Å². The zero-order valence-corrected chi connectivity index (χ0v) is 15.5. The molecule has 0 aliphatic heterocycles. The van der Waals surface area contributed by atoms with E-state index in [1.165, 1.54) is 17.3 Å². The molecule has 0 spiro atoms. The number of aryl methyl sites for hydroxylation is 2. The molecule has 0 saturated carbocycles. The lowest BCUT2D eigenvalue weighted by Crippen LogP contribution is -2.35. The van der Waals surface area contributed by atoms with Crippen LogP contribution in [-0.4, -0.2) is 32.7 Å². The summed E-state index contributed by atoms with van der Waals surface area (Å²) in [5, 5.41) is 3.79. The lowest BCUT2D eigenvalue weighted by atomic mass is 10.1. The summed E-state index contributed by atoms with van der Waals surface area (Å²) in [4.78, 5) is 24.4. The second kappa shape index (κ2) is 7.70. The number of aromatic amines is 1. The molecule has 0 unspecified atom stereocenters. The summed E-state index contributed by atoms with van der Waals surface area (Å²) in [5.41, 5.74) is 5.10. The molecule has 0 saturated heterocycles. The summed E-state index contributed by atoms with van der Waals surface area (Å²) in [6.07, 6.45) is 0.724. The third kappa shape index (κ3) is 4.82. The smallest absolute Gasteiger partial charge is 0.230 e. The van der Waals surface area contributed by atoms with E-state index in [1.54, 1.807) is 0 Å². The number of pyridine rings is 1. The molecular formula is C19H22N4OS. The number of amides is 1. The molecule has 2 N–H and O–H groups in total. The van der Waals surface area contributed by atoms with E-state index in [1.807, 2.05) is 51.1 Å². The summed E-state index contributed by atoms with van der Waals surface area (Å²) in [7, 11) is 0. The van der Waals surface area contributed by atoms with Crippen molar-refractivity contribution in [3.05, 3.63) is 53.3 Å². The molecule has 5 nitrogen and oxygen atoms in total. The van der Waals surface area contributed by atoms with Crippen molar-refractivity contribution in [1.82, 2.24) is 20.3 Å². The first-order valence-electron chi connectivity index (χ1n) is 8.30. The fourth-order valence-electron chi connectivity index (χ4n) is 2.70. The molecule has 25 heavy (non-hydrogen) atoms. The molecule has 2 aromatic heterocycles. The first kappa shape index (κ1) is 17.5. The Morgan fingerprint density at radius 3 is 2.88 bits per heavy atom. The lowest BCUT2D eigenvalue weighted by Gasteiger charge is -2.13. The van der Waals surface area contributed by atoms with Crippen molar-refractivity contribution >= 4 is 28.7 Å². The first-order chi connectivity index (χ1) is 12.0. The normalized spacial score (nSPS) is 12.3. The minimum Gasteiger partial charge on any atom is -0.353 e. The summed E-state index contributed by atoms with van der Waals surface area (Å²) >= 11 is 1.42. The van der Waals surface area contributed by atoms with E-state index in [0.717, 1.165) is 34.0 Å². The number of rotatable bonds is 6. The van der Waals surface area contributed by atoms with Crippen molar-refractivity contribution in [3.8, 4) is 0 Å². The summed E-state index contributed by atoms with van der Waals surface area (Å²) in [6, 6.07) is 12.1. The number of nitrogens with one attached hydrogen (secondary N) is 2. The van der Waals surface area contributed by atoms with Crippen molar-refractivity contribution in [2.45, 2.75) is 38.4 Å². The molecule has 1 atom stereocenters. The van der Waals surface area contributed by atoms with Crippen LogP contribution in [0.3, 0.4) is 0 Å². The largest absolute Gasteiger partial charge is 0.353 e. The summed E-state index contributed by atoms with van der Waals surface area (Å²) < 4.78 is 0. The van der Waals surface area contributed by atoms with Gasteiger partial charge in [0, 0.05) is 23.9 Å². The quantitative estimate of drug-likeness (QED) is 0.666. The minimum atomic E-state index is 0.00166. The van der Waals surface area contributed by atoms with Gasteiger partial charge in [-0.1, -0.05) is 23.9 Å². The van der Waals surface area contributed by atoms with Gasteiger partial charge in [-0.15, -0.1) is 0 Å². The molecule has 130 valence electrons. The number of benzene rings is 1. The molecule has 0 bridgehead atoms. The molecule has 0 fully saturated rings. The van der Waals surface area contributed by atoms with Crippen LogP contribution >= 0.6 is 11.8 Å². The summed E-state index contributed by atoms with van der Waals surface area (Å²) in [5.74, 6) is 0.339. The van der Waals surface area contributed by atoms with Gasteiger partial charge in [-0.25, -0.2) is 4.98 Å². The SMILES string of the molecule is Cc1ccc2nc(SCC(=O)N[C@H](C)Cc3cccc(C)n3)[nH]c2c1. The molecule has 2 heterocycles. The Morgan fingerprint density at radius 2 is 2.08 bits per heavy atom. The number of carbonyl (C=O) groups is 1. The van der Waals surface area contributed by atoms with Gasteiger partial charge < -0.3 is 10.3 Å². The van der Waals surface area contributed by atoms with Crippen molar-refractivity contribution < 1.29 is 4.79 Å². The Labute approximate surface area is 151 Å². The van der Waals surface area contributed by atoms with Gasteiger partial charge in [0.2, 0.25) is 5.91 Å². The van der Waals surface area contributed by atoms with Crippen LogP contribution in [0.25, 0.3) is 11.0 Å². The highest BCUT2D eigenvalue weighted by Crippen LogP contribution is 2.20. The van der Waals surface area contributed by atoms with E-state index in [2.05, 4.69) is 26.3 Å². The Bertz CT molecular complexity index is 890. The van der Waals surface area contributed by atoms with Crippen molar-refractivity contribution in [1.29, 1.82) is 0 Å². The highest BCUT2D eigenvalue weighted by atomic mass is 32.2. The van der Waals surface area contributed by atoms with Crippen LogP contribution in [0, 0.1) is 13.8 Å². The van der Waals surface area contributed by atoms with E-state index >= 15 is 0 Å². The molecule has 3 rings (SSSR count). The van der Waals surface area contributed by atoms with Crippen molar-refractivity contribution in [2.75, 3.05) is 5.75 Å². The average Bonchev–Trinajstić information content (AvgIpc) is 2.94. The maximum atomic E-state index is 12.2. The van der Waals surface area contributed by atoms with E-state index in [0.29, 0.717) is 5.75 Å².